The van der Waals surface area contributed by atoms with Gasteiger partial charge in [0.15, 0.2) is 5.65 Å². The van der Waals surface area contributed by atoms with E-state index in [0.717, 1.165) is 23.4 Å². The van der Waals surface area contributed by atoms with Crippen molar-refractivity contribution >= 4 is 23.6 Å². The quantitative estimate of drug-likeness (QED) is 0.728. The number of aromatic amines is 1. The predicted molar refractivity (Wildman–Crippen MR) is 48.3 cm³/mol. The summed E-state index contributed by atoms with van der Waals surface area (Å²) in [5, 5.41) is 0. The number of hydrogen-bond acceptors (Lipinski definition) is 3. The minimum absolute atomic E-state index is 0. The summed E-state index contributed by atoms with van der Waals surface area (Å²) in [4.78, 5) is 15.3. The molecule has 2 aromatic heterocycles. The van der Waals surface area contributed by atoms with Crippen LogP contribution in [-0.4, -0.2) is 19.9 Å². The number of halogens is 1. The van der Waals surface area contributed by atoms with Gasteiger partial charge in [0.1, 0.15) is 11.3 Å². The van der Waals surface area contributed by atoms with Crippen LogP contribution in [0, 0.1) is 0 Å². The molecule has 4 nitrogen and oxygen atoms in total. The number of fused-ring (bicyclic) bond motifs is 1. The topological polar surface area (TPSA) is 54.5 Å². The Morgan fingerprint density at radius 2 is 2.25 bits per heavy atom. The van der Waals surface area contributed by atoms with E-state index in [-0.39, 0.29) is 12.4 Å². The number of aromatic nitrogens is 4. The van der Waals surface area contributed by atoms with E-state index >= 15 is 0 Å². The summed E-state index contributed by atoms with van der Waals surface area (Å²) in [5.74, 6) is 0.838. The highest BCUT2D eigenvalue weighted by molar-refractivity contribution is 5.85. The van der Waals surface area contributed by atoms with Crippen LogP contribution in [0.1, 0.15) is 12.7 Å². The highest BCUT2D eigenvalue weighted by Crippen LogP contribution is 2.03. The van der Waals surface area contributed by atoms with Gasteiger partial charge in [0.05, 0.1) is 12.5 Å². The van der Waals surface area contributed by atoms with Gasteiger partial charge < -0.3 is 4.98 Å². The van der Waals surface area contributed by atoms with Crippen molar-refractivity contribution in [2.45, 2.75) is 13.3 Å². The standard InChI is InChI=1S/C7H8N4.ClH/c1-2-6-8-3-5-7(11-6)10-4-9-5;/h3-4H,2H2,1H3,(H,8,9,10,11);1H. The Hall–Kier alpha value is -1.16. The lowest BCUT2D eigenvalue weighted by Gasteiger charge is -1.91. The van der Waals surface area contributed by atoms with Crippen LogP contribution >= 0.6 is 12.4 Å². The summed E-state index contributed by atoms with van der Waals surface area (Å²) >= 11 is 0. The van der Waals surface area contributed by atoms with Gasteiger partial charge in [-0.3, -0.25) is 0 Å². The van der Waals surface area contributed by atoms with Crippen molar-refractivity contribution in [2.75, 3.05) is 0 Å². The molecule has 64 valence electrons. The maximum Gasteiger partial charge on any atom is 0.180 e. The molecular weight excluding hydrogens is 176 g/mol. The zero-order chi connectivity index (χ0) is 7.68. The molecule has 0 saturated heterocycles. The molecule has 0 radical (unpaired) electrons. The molecule has 0 spiro atoms. The minimum atomic E-state index is 0. The van der Waals surface area contributed by atoms with Crippen molar-refractivity contribution < 1.29 is 0 Å². The van der Waals surface area contributed by atoms with Crippen LogP contribution in [0.5, 0.6) is 0 Å². The van der Waals surface area contributed by atoms with Crippen LogP contribution in [-0.2, 0) is 6.42 Å². The van der Waals surface area contributed by atoms with Gasteiger partial charge in [0, 0.05) is 6.42 Å². The summed E-state index contributed by atoms with van der Waals surface area (Å²) in [6.45, 7) is 2.02. The average molecular weight is 185 g/mol. The SMILES string of the molecule is CCc1ncc2[nH]cnc2n1.Cl. The van der Waals surface area contributed by atoms with Gasteiger partial charge in [-0.25, -0.2) is 15.0 Å². The van der Waals surface area contributed by atoms with Gasteiger partial charge in [0.25, 0.3) is 0 Å². The summed E-state index contributed by atoms with van der Waals surface area (Å²) in [6, 6.07) is 0. The molecule has 0 amide bonds. The Kier molecular flexibility index (Phi) is 2.60. The number of imidazole rings is 1. The number of nitrogens with one attached hydrogen (secondary N) is 1. The average Bonchev–Trinajstić information content (AvgIpc) is 2.50. The second-order valence-electron chi connectivity index (χ2n) is 2.28. The summed E-state index contributed by atoms with van der Waals surface area (Å²) in [5.41, 5.74) is 1.64. The van der Waals surface area contributed by atoms with Gasteiger partial charge in [0.2, 0.25) is 0 Å². The Bertz CT molecular complexity index is 370. The minimum Gasteiger partial charge on any atom is -0.342 e. The van der Waals surface area contributed by atoms with Crippen molar-refractivity contribution in [3.05, 3.63) is 18.3 Å². The van der Waals surface area contributed by atoms with E-state index in [1.54, 1.807) is 12.5 Å². The summed E-state index contributed by atoms with van der Waals surface area (Å²) in [6.07, 6.45) is 4.23. The van der Waals surface area contributed by atoms with E-state index in [4.69, 9.17) is 0 Å². The summed E-state index contributed by atoms with van der Waals surface area (Å²) < 4.78 is 0. The van der Waals surface area contributed by atoms with E-state index in [1.807, 2.05) is 6.92 Å². The van der Waals surface area contributed by atoms with Crippen molar-refractivity contribution in [1.82, 2.24) is 19.9 Å². The smallest absolute Gasteiger partial charge is 0.180 e. The van der Waals surface area contributed by atoms with Gasteiger partial charge >= 0.3 is 0 Å². The molecule has 0 aromatic carbocycles. The third kappa shape index (κ3) is 1.38. The van der Waals surface area contributed by atoms with Crippen LogP contribution in [0.2, 0.25) is 0 Å². The van der Waals surface area contributed by atoms with Crippen molar-refractivity contribution in [1.29, 1.82) is 0 Å². The molecule has 0 aliphatic carbocycles. The lowest BCUT2D eigenvalue weighted by molar-refractivity contribution is 0.955. The number of nitrogens with zero attached hydrogens (tertiary/aromatic N) is 3. The molecular formula is C7H9ClN4. The second-order valence-corrected chi connectivity index (χ2v) is 2.28. The second kappa shape index (κ2) is 3.49. The molecule has 0 atom stereocenters. The molecule has 0 bridgehead atoms. The largest absolute Gasteiger partial charge is 0.342 e. The molecule has 5 heteroatoms. The lowest BCUT2D eigenvalue weighted by atomic mass is 10.4. The van der Waals surface area contributed by atoms with Gasteiger partial charge in [-0.2, -0.15) is 0 Å². The van der Waals surface area contributed by atoms with E-state index in [1.165, 1.54) is 0 Å². The van der Waals surface area contributed by atoms with Gasteiger partial charge in [-0.15, -0.1) is 12.4 Å². The van der Waals surface area contributed by atoms with Crippen molar-refractivity contribution in [3.63, 3.8) is 0 Å². The van der Waals surface area contributed by atoms with Gasteiger partial charge in [-0.05, 0) is 0 Å². The third-order valence-electron chi connectivity index (χ3n) is 1.54. The lowest BCUT2D eigenvalue weighted by Crippen LogP contribution is -1.91. The molecule has 2 heterocycles. The number of H-pyrrole nitrogens is 1. The molecule has 2 aromatic rings. The zero-order valence-corrected chi connectivity index (χ0v) is 7.43. The maximum atomic E-state index is 4.20. The molecule has 0 aliphatic heterocycles. The normalized spacial score (nSPS) is 9.75. The predicted octanol–water partition coefficient (Wildman–Crippen LogP) is 1.34. The monoisotopic (exact) mass is 184 g/mol. The third-order valence-corrected chi connectivity index (χ3v) is 1.54. The van der Waals surface area contributed by atoms with Crippen LogP contribution in [0.15, 0.2) is 12.5 Å². The Morgan fingerprint density at radius 1 is 1.42 bits per heavy atom. The van der Waals surface area contributed by atoms with Crippen LogP contribution in [0.3, 0.4) is 0 Å². The first kappa shape index (κ1) is 8.93. The van der Waals surface area contributed by atoms with Crippen molar-refractivity contribution in [2.24, 2.45) is 0 Å². The first-order valence-electron chi connectivity index (χ1n) is 3.55. The summed E-state index contributed by atoms with van der Waals surface area (Å²) in [7, 11) is 0. The highest BCUT2D eigenvalue weighted by atomic mass is 35.5. The fourth-order valence-corrected chi connectivity index (χ4v) is 0.942. The van der Waals surface area contributed by atoms with Crippen LogP contribution in [0.25, 0.3) is 11.2 Å². The van der Waals surface area contributed by atoms with E-state index in [0.29, 0.717) is 0 Å². The molecule has 12 heavy (non-hydrogen) atoms. The highest BCUT2D eigenvalue weighted by Gasteiger charge is 1.98. The molecule has 0 aliphatic rings. The Morgan fingerprint density at radius 3 is 3.00 bits per heavy atom. The first-order chi connectivity index (χ1) is 5.40. The van der Waals surface area contributed by atoms with Gasteiger partial charge in [-0.1, -0.05) is 6.92 Å². The van der Waals surface area contributed by atoms with E-state index in [2.05, 4.69) is 19.9 Å². The van der Waals surface area contributed by atoms with Crippen molar-refractivity contribution in [3.8, 4) is 0 Å². The van der Waals surface area contributed by atoms with E-state index < -0.39 is 0 Å². The Labute approximate surface area is 75.9 Å². The van der Waals surface area contributed by atoms with E-state index in [9.17, 15) is 0 Å². The molecule has 0 unspecified atom stereocenters. The number of rotatable bonds is 1. The maximum absolute atomic E-state index is 4.20. The molecule has 0 saturated carbocycles. The number of hydrogen-bond donors (Lipinski definition) is 1. The molecule has 2 rings (SSSR count). The number of aryl methyl sites for hydroxylation is 1. The van der Waals surface area contributed by atoms with Crippen LogP contribution in [0.4, 0.5) is 0 Å². The fourth-order valence-electron chi connectivity index (χ4n) is 0.942. The fraction of sp³-hybridized carbons (Fsp3) is 0.286. The first-order valence-corrected chi connectivity index (χ1v) is 3.55. The molecule has 0 fully saturated rings. The Balaban J connectivity index is 0.000000720. The zero-order valence-electron chi connectivity index (χ0n) is 6.61. The van der Waals surface area contributed by atoms with Crippen LogP contribution < -0.4 is 0 Å². The molecule has 1 N–H and O–H groups in total.